The van der Waals surface area contributed by atoms with Gasteiger partial charge in [0.05, 0.1) is 6.54 Å². The summed E-state index contributed by atoms with van der Waals surface area (Å²) in [6.45, 7) is 0.680. The second kappa shape index (κ2) is 4.69. The van der Waals surface area contributed by atoms with E-state index in [0.29, 0.717) is 18.4 Å². The van der Waals surface area contributed by atoms with Gasteiger partial charge < -0.3 is 20.9 Å². The van der Waals surface area contributed by atoms with Crippen LogP contribution in [0.25, 0.3) is 0 Å². The Morgan fingerprint density at radius 1 is 1.41 bits per heavy atom. The summed E-state index contributed by atoms with van der Waals surface area (Å²) in [5, 5.41) is 2.85. The first kappa shape index (κ1) is 11.2. The van der Waals surface area contributed by atoms with E-state index in [1.807, 2.05) is 30.3 Å². The molecule has 7 nitrogen and oxygen atoms in total. The standard InChI is InChI=1S/C10H15N7/c1-12-9-14-8(11)15-10(16-9)17(2)6-7-4-3-5-13-7/h3-5,13H,6H2,1-2H3,(H3,11,12,14,15,16). The van der Waals surface area contributed by atoms with Crippen LogP contribution in [0, 0.1) is 0 Å². The number of aromatic nitrogens is 4. The predicted octanol–water partition coefficient (Wildman–Crippen LogP) is 0.460. The molecular formula is C10H15N7. The molecule has 0 aliphatic heterocycles. The SMILES string of the molecule is CNc1nc(N)nc(N(C)Cc2ccc[nH]2)n1. The molecule has 0 aliphatic rings. The van der Waals surface area contributed by atoms with Crippen LogP contribution in [0.1, 0.15) is 5.69 Å². The molecule has 0 aliphatic carbocycles. The minimum atomic E-state index is 0.206. The maximum Gasteiger partial charge on any atom is 0.232 e. The Labute approximate surface area is 99.1 Å². The number of nitrogens with one attached hydrogen (secondary N) is 2. The van der Waals surface area contributed by atoms with Gasteiger partial charge in [0, 0.05) is 26.0 Å². The average molecular weight is 233 g/mol. The van der Waals surface area contributed by atoms with Crippen LogP contribution in [0.4, 0.5) is 17.8 Å². The van der Waals surface area contributed by atoms with Gasteiger partial charge >= 0.3 is 0 Å². The minimum absolute atomic E-state index is 0.206. The van der Waals surface area contributed by atoms with Gasteiger partial charge in [0.2, 0.25) is 17.8 Å². The molecule has 0 bridgehead atoms. The van der Waals surface area contributed by atoms with Crippen molar-refractivity contribution in [2.45, 2.75) is 6.54 Å². The summed E-state index contributed by atoms with van der Waals surface area (Å²) in [6.07, 6.45) is 1.88. The summed E-state index contributed by atoms with van der Waals surface area (Å²) in [6, 6.07) is 3.95. The van der Waals surface area contributed by atoms with Gasteiger partial charge in [-0.2, -0.15) is 15.0 Å². The topological polar surface area (TPSA) is 95.7 Å². The normalized spacial score (nSPS) is 10.2. The molecule has 0 unspecified atom stereocenters. The van der Waals surface area contributed by atoms with E-state index >= 15 is 0 Å². The van der Waals surface area contributed by atoms with Crippen molar-refractivity contribution in [1.29, 1.82) is 0 Å². The van der Waals surface area contributed by atoms with Crippen LogP contribution in [0.2, 0.25) is 0 Å². The van der Waals surface area contributed by atoms with Crippen LogP contribution in [-0.4, -0.2) is 34.0 Å². The number of hydrogen-bond donors (Lipinski definition) is 3. The zero-order valence-corrected chi connectivity index (χ0v) is 9.81. The summed E-state index contributed by atoms with van der Waals surface area (Å²) in [5.74, 6) is 1.21. The van der Waals surface area contributed by atoms with Crippen molar-refractivity contribution in [3.05, 3.63) is 24.0 Å². The van der Waals surface area contributed by atoms with E-state index < -0.39 is 0 Å². The predicted molar refractivity (Wildman–Crippen MR) is 66.7 cm³/mol. The molecule has 7 heteroatoms. The number of anilines is 3. The maximum absolute atomic E-state index is 5.61. The van der Waals surface area contributed by atoms with E-state index in [-0.39, 0.29) is 5.95 Å². The van der Waals surface area contributed by atoms with Crippen molar-refractivity contribution in [3.8, 4) is 0 Å². The summed E-state index contributed by atoms with van der Waals surface area (Å²) in [5.41, 5.74) is 6.69. The largest absolute Gasteiger partial charge is 0.368 e. The highest BCUT2D eigenvalue weighted by molar-refractivity contribution is 5.41. The number of H-pyrrole nitrogens is 1. The van der Waals surface area contributed by atoms with Gasteiger partial charge in [0.15, 0.2) is 0 Å². The number of rotatable bonds is 4. The van der Waals surface area contributed by atoms with Crippen molar-refractivity contribution in [3.63, 3.8) is 0 Å². The Kier molecular flexibility index (Phi) is 3.08. The van der Waals surface area contributed by atoms with Crippen molar-refractivity contribution < 1.29 is 0 Å². The molecule has 0 aromatic carbocycles. The zero-order chi connectivity index (χ0) is 12.3. The fourth-order valence-electron chi connectivity index (χ4n) is 1.46. The van der Waals surface area contributed by atoms with Crippen molar-refractivity contribution >= 4 is 17.8 Å². The zero-order valence-electron chi connectivity index (χ0n) is 9.81. The van der Waals surface area contributed by atoms with Crippen LogP contribution in [0.5, 0.6) is 0 Å². The number of nitrogen functional groups attached to an aromatic ring is 1. The first-order chi connectivity index (χ1) is 8.19. The summed E-state index contributed by atoms with van der Waals surface area (Å²) >= 11 is 0. The highest BCUT2D eigenvalue weighted by atomic mass is 15.3. The smallest absolute Gasteiger partial charge is 0.232 e. The third-order valence-corrected chi connectivity index (χ3v) is 2.28. The van der Waals surface area contributed by atoms with Crippen LogP contribution < -0.4 is 16.0 Å². The van der Waals surface area contributed by atoms with Crippen LogP contribution in [0.15, 0.2) is 18.3 Å². The van der Waals surface area contributed by atoms with E-state index in [2.05, 4.69) is 25.3 Å². The Morgan fingerprint density at radius 2 is 2.24 bits per heavy atom. The Hall–Kier alpha value is -2.31. The summed E-state index contributed by atoms with van der Waals surface area (Å²) in [7, 11) is 3.64. The second-order valence-electron chi connectivity index (χ2n) is 3.62. The van der Waals surface area contributed by atoms with E-state index in [0.717, 1.165) is 5.69 Å². The molecular weight excluding hydrogens is 218 g/mol. The molecule has 0 saturated carbocycles. The van der Waals surface area contributed by atoms with Gasteiger partial charge in [-0.1, -0.05) is 0 Å². The van der Waals surface area contributed by atoms with E-state index in [4.69, 9.17) is 5.73 Å². The van der Waals surface area contributed by atoms with Crippen LogP contribution in [0.3, 0.4) is 0 Å². The molecule has 90 valence electrons. The third-order valence-electron chi connectivity index (χ3n) is 2.28. The highest BCUT2D eigenvalue weighted by Gasteiger charge is 2.08. The first-order valence-electron chi connectivity index (χ1n) is 5.21. The highest BCUT2D eigenvalue weighted by Crippen LogP contribution is 2.12. The van der Waals surface area contributed by atoms with Gasteiger partial charge in [-0.05, 0) is 12.1 Å². The molecule has 0 radical (unpaired) electrons. The van der Waals surface area contributed by atoms with Gasteiger partial charge in [-0.15, -0.1) is 0 Å². The molecule has 0 fully saturated rings. The van der Waals surface area contributed by atoms with Gasteiger partial charge in [0.25, 0.3) is 0 Å². The maximum atomic E-state index is 5.61. The average Bonchev–Trinajstić information content (AvgIpc) is 2.81. The molecule has 4 N–H and O–H groups in total. The number of aromatic amines is 1. The van der Waals surface area contributed by atoms with Crippen molar-refractivity contribution in [2.24, 2.45) is 0 Å². The minimum Gasteiger partial charge on any atom is -0.368 e. The van der Waals surface area contributed by atoms with Crippen molar-refractivity contribution in [2.75, 3.05) is 30.0 Å². The molecule has 0 saturated heterocycles. The lowest BCUT2D eigenvalue weighted by molar-refractivity contribution is 0.841. The summed E-state index contributed by atoms with van der Waals surface area (Å²) in [4.78, 5) is 17.3. The second-order valence-corrected chi connectivity index (χ2v) is 3.62. The third kappa shape index (κ3) is 2.63. The first-order valence-corrected chi connectivity index (χ1v) is 5.21. The van der Waals surface area contributed by atoms with E-state index in [1.165, 1.54) is 0 Å². The lowest BCUT2D eigenvalue weighted by Crippen LogP contribution is -2.21. The van der Waals surface area contributed by atoms with Crippen LogP contribution >= 0.6 is 0 Å². The van der Waals surface area contributed by atoms with E-state index in [9.17, 15) is 0 Å². The molecule has 2 rings (SSSR count). The van der Waals surface area contributed by atoms with Gasteiger partial charge in [0.1, 0.15) is 0 Å². The number of nitrogens with two attached hydrogens (primary N) is 1. The van der Waals surface area contributed by atoms with Gasteiger partial charge in [-0.25, -0.2) is 0 Å². The Bertz CT molecular complexity index is 479. The molecule has 2 aromatic heterocycles. The Morgan fingerprint density at radius 3 is 2.88 bits per heavy atom. The number of hydrogen-bond acceptors (Lipinski definition) is 6. The fourth-order valence-corrected chi connectivity index (χ4v) is 1.46. The Balaban J connectivity index is 2.18. The van der Waals surface area contributed by atoms with Gasteiger partial charge in [-0.3, -0.25) is 0 Å². The van der Waals surface area contributed by atoms with Crippen LogP contribution in [-0.2, 0) is 6.54 Å². The number of nitrogens with zero attached hydrogens (tertiary/aromatic N) is 4. The lowest BCUT2D eigenvalue weighted by atomic mass is 10.4. The molecule has 2 aromatic rings. The monoisotopic (exact) mass is 233 g/mol. The molecule has 0 amide bonds. The molecule has 0 spiro atoms. The fraction of sp³-hybridized carbons (Fsp3) is 0.300. The quantitative estimate of drug-likeness (QED) is 0.710. The summed E-state index contributed by atoms with van der Waals surface area (Å²) < 4.78 is 0. The molecule has 0 atom stereocenters. The lowest BCUT2D eigenvalue weighted by Gasteiger charge is -2.16. The van der Waals surface area contributed by atoms with E-state index in [1.54, 1.807) is 7.05 Å². The van der Waals surface area contributed by atoms with Crippen molar-refractivity contribution in [1.82, 2.24) is 19.9 Å². The molecule has 2 heterocycles. The molecule has 17 heavy (non-hydrogen) atoms.